The molecule has 2 aromatic carbocycles. The molecule has 3 rings (SSSR count). The normalized spacial score (nSPS) is 22.6. The number of nitrogens with one attached hydrogen (secondary N) is 1. The molecule has 0 saturated heterocycles. The number of carbonyl (C=O) groups excluding carboxylic acids is 1. The molecule has 2 aromatic rings. The molecule has 1 amide bonds. The number of hydrogen-bond acceptors (Lipinski definition) is 2. The Bertz CT molecular complexity index is 706. The van der Waals surface area contributed by atoms with E-state index in [2.05, 4.69) is 41.7 Å². The average Bonchev–Trinajstić information content (AvgIpc) is 3.35. The monoisotopic (exact) mass is 311 g/mol. The van der Waals surface area contributed by atoms with E-state index in [0.29, 0.717) is 12.3 Å². The molecule has 0 aromatic heterocycles. The highest BCUT2D eigenvalue weighted by Gasteiger charge is 2.45. The van der Waals surface area contributed by atoms with Gasteiger partial charge in [0, 0.05) is 18.1 Å². The largest absolute Gasteiger partial charge is 0.396 e. The highest BCUT2D eigenvalue weighted by atomic mass is 16.3. The molecule has 3 heteroatoms. The van der Waals surface area contributed by atoms with Crippen molar-refractivity contribution >= 4 is 16.7 Å². The van der Waals surface area contributed by atoms with Gasteiger partial charge in [-0.3, -0.25) is 4.79 Å². The van der Waals surface area contributed by atoms with Crippen molar-refractivity contribution in [1.82, 2.24) is 5.32 Å². The van der Waals surface area contributed by atoms with Crippen LogP contribution in [0, 0.1) is 5.92 Å². The Balaban J connectivity index is 1.75. The average molecular weight is 311 g/mol. The van der Waals surface area contributed by atoms with Gasteiger partial charge in [0.2, 0.25) is 5.91 Å². The van der Waals surface area contributed by atoms with Crippen LogP contribution < -0.4 is 5.32 Å². The van der Waals surface area contributed by atoms with Crippen molar-refractivity contribution in [3.63, 3.8) is 0 Å². The fourth-order valence-corrected chi connectivity index (χ4v) is 3.37. The summed E-state index contributed by atoms with van der Waals surface area (Å²) >= 11 is 0. The van der Waals surface area contributed by atoms with E-state index in [9.17, 15) is 9.90 Å². The lowest BCUT2D eigenvalue weighted by Gasteiger charge is -2.29. The van der Waals surface area contributed by atoms with E-state index in [1.165, 1.54) is 16.3 Å². The molecule has 1 fully saturated rings. The number of aliphatic hydroxyl groups excluding tert-OH is 1. The van der Waals surface area contributed by atoms with Crippen LogP contribution in [0.5, 0.6) is 0 Å². The molecule has 0 aliphatic heterocycles. The molecule has 0 spiro atoms. The number of benzene rings is 2. The third kappa shape index (κ3) is 3.25. The molecule has 3 atom stereocenters. The van der Waals surface area contributed by atoms with E-state index in [4.69, 9.17) is 0 Å². The van der Waals surface area contributed by atoms with E-state index < -0.39 is 0 Å². The molecule has 0 bridgehead atoms. The van der Waals surface area contributed by atoms with E-state index >= 15 is 0 Å². The minimum Gasteiger partial charge on any atom is -0.396 e. The quantitative estimate of drug-likeness (QED) is 0.856. The third-order valence-corrected chi connectivity index (χ3v) is 5.22. The van der Waals surface area contributed by atoms with Crippen LogP contribution in [-0.2, 0) is 4.79 Å². The summed E-state index contributed by atoms with van der Waals surface area (Å²) < 4.78 is 0. The van der Waals surface area contributed by atoms with Gasteiger partial charge in [-0.15, -0.1) is 0 Å². The second kappa shape index (κ2) is 6.32. The molecule has 23 heavy (non-hydrogen) atoms. The van der Waals surface area contributed by atoms with Crippen LogP contribution in [-0.4, -0.2) is 23.2 Å². The highest BCUT2D eigenvalue weighted by molar-refractivity contribution is 5.89. The first-order valence-corrected chi connectivity index (χ1v) is 8.48. The van der Waals surface area contributed by atoms with Crippen molar-refractivity contribution in [3.8, 4) is 0 Å². The molecule has 122 valence electrons. The zero-order valence-corrected chi connectivity index (χ0v) is 13.9. The number of aliphatic hydroxyl groups is 1. The zero-order chi connectivity index (χ0) is 16.4. The molecule has 1 aliphatic carbocycles. The number of fused-ring (bicyclic) bond motifs is 1. The maximum absolute atomic E-state index is 12.6. The Hall–Kier alpha value is -1.87. The Morgan fingerprint density at radius 1 is 1.26 bits per heavy atom. The molecule has 2 N–H and O–H groups in total. The van der Waals surface area contributed by atoms with Crippen LogP contribution in [0.15, 0.2) is 42.5 Å². The molecule has 3 nitrogen and oxygen atoms in total. The lowest BCUT2D eigenvalue weighted by molar-refractivity contribution is -0.124. The van der Waals surface area contributed by atoms with Crippen LogP contribution >= 0.6 is 0 Å². The lowest BCUT2D eigenvalue weighted by Crippen LogP contribution is -2.47. The first kappa shape index (κ1) is 16.0. The fourth-order valence-electron chi connectivity index (χ4n) is 3.37. The van der Waals surface area contributed by atoms with Crippen molar-refractivity contribution in [2.45, 2.75) is 44.6 Å². The van der Waals surface area contributed by atoms with Gasteiger partial charge in [-0.1, -0.05) is 49.4 Å². The van der Waals surface area contributed by atoms with Crippen LogP contribution in [0.1, 0.15) is 44.6 Å². The summed E-state index contributed by atoms with van der Waals surface area (Å²) in [6.07, 6.45) is 2.34. The Labute approximate surface area is 137 Å². The third-order valence-electron chi connectivity index (χ3n) is 5.22. The van der Waals surface area contributed by atoms with Gasteiger partial charge in [0.25, 0.3) is 0 Å². The van der Waals surface area contributed by atoms with Gasteiger partial charge < -0.3 is 10.4 Å². The topological polar surface area (TPSA) is 49.3 Å². The number of rotatable bonds is 6. The molecular formula is C20H25NO2. The van der Waals surface area contributed by atoms with Gasteiger partial charge >= 0.3 is 0 Å². The number of hydrogen-bond donors (Lipinski definition) is 2. The van der Waals surface area contributed by atoms with Crippen molar-refractivity contribution in [3.05, 3.63) is 48.0 Å². The summed E-state index contributed by atoms with van der Waals surface area (Å²) in [7, 11) is 0. The maximum atomic E-state index is 12.6. The Morgan fingerprint density at radius 2 is 2.00 bits per heavy atom. The molecule has 1 saturated carbocycles. The molecule has 3 unspecified atom stereocenters. The Kier molecular flexibility index (Phi) is 4.40. The maximum Gasteiger partial charge on any atom is 0.224 e. The summed E-state index contributed by atoms with van der Waals surface area (Å²) in [5.74, 6) is 0.502. The molecular weight excluding hydrogens is 286 g/mol. The minimum atomic E-state index is -0.308. The van der Waals surface area contributed by atoms with Gasteiger partial charge in [0.1, 0.15) is 0 Å². The summed E-state index contributed by atoms with van der Waals surface area (Å²) in [6.45, 7) is 4.16. The van der Waals surface area contributed by atoms with Gasteiger partial charge in [-0.25, -0.2) is 0 Å². The van der Waals surface area contributed by atoms with Crippen LogP contribution in [0.3, 0.4) is 0 Å². The molecule has 1 aliphatic rings. The van der Waals surface area contributed by atoms with Crippen LogP contribution in [0.25, 0.3) is 10.8 Å². The van der Waals surface area contributed by atoms with Crippen molar-refractivity contribution < 1.29 is 9.90 Å². The van der Waals surface area contributed by atoms with Gasteiger partial charge in [-0.05, 0) is 48.4 Å². The van der Waals surface area contributed by atoms with E-state index in [1.807, 2.05) is 19.9 Å². The van der Waals surface area contributed by atoms with Gasteiger partial charge in [0.05, 0.1) is 0 Å². The number of carbonyl (C=O) groups is 1. The van der Waals surface area contributed by atoms with Crippen LogP contribution in [0.4, 0.5) is 0 Å². The predicted molar refractivity (Wildman–Crippen MR) is 93.3 cm³/mol. The van der Waals surface area contributed by atoms with E-state index in [1.54, 1.807) is 0 Å². The summed E-state index contributed by atoms with van der Waals surface area (Å²) in [6, 6.07) is 14.7. The zero-order valence-electron chi connectivity index (χ0n) is 13.9. The molecule has 0 radical (unpaired) electrons. The lowest BCUT2D eigenvalue weighted by atomic mass is 9.94. The van der Waals surface area contributed by atoms with Crippen LogP contribution in [0.2, 0.25) is 0 Å². The first-order chi connectivity index (χ1) is 11.1. The van der Waals surface area contributed by atoms with Crippen molar-refractivity contribution in [1.29, 1.82) is 0 Å². The van der Waals surface area contributed by atoms with E-state index in [0.717, 1.165) is 12.8 Å². The van der Waals surface area contributed by atoms with Gasteiger partial charge in [-0.2, -0.15) is 0 Å². The minimum absolute atomic E-state index is 0.0605. The standard InChI is InChI=1S/C20H25NO2/c1-3-20(2,11-12-22)21-19(23)18-13-17(18)16-10-6-8-14-7-4-5-9-15(14)16/h4-10,17-18,22H,3,11-13H2,1-2H3,(H,21,23). The van der Waals surface area contributed by atoms with E-state index in [-0.39, 0.29) is 24.0 Å². The predicted octanol–water partition coefficient (Wildman–Crippen LogP) is 3.61. The first-order valence-electron chi connectivity index (χ1n) is 8.48. The SMILES string of the molecule is CCC(C)(CCO)NC(=O)C1CC1c1cccc2ccccc12. The summed E-state index contributed by atoms with van der Waals surface area (Å²) in [4.78, 5) is 12.6. The van der Waals surface area contributed by atoms with Gasteiger partial charge in [0.15, 0.2) is 0 Å². The highest BCUT2D eigenvalue weighted by Crippen LogP contribution is 2.49. The van der Waals surface area contributed by atoms with Crippen molar-refractivity contribution in [2.75, 3.05) is 6.61 Å². The fraction of sp³-hybridized carbons (Fsp3) is 0.450. The molecule has 0 heterocycles. The Morgan fingerprint density at radius 3 is 2.74 bits per heavy atom. The number of amides is 1. The second-order valence-corrected chi connectivity index (χ2v) is 6.89. The summed E-state index contributed by atoms with van der Waals surface area (Å²) in [5, 5.41) is 14.8. The smallest absolute Gasteiger partial charge is 0.224 e. The van der Waals surface area contributed by atoms with Crippen molar-refractivity contribution in [2.24, 2.45) is 5.92 Å². The summed E-state index contributed by atoms with van der Waals surface area (Å²) in [5.41, 5.74) is 0.973. The second-order valence-electron chi connectivity index (χ2n) is 6.89.